The third-order valence-electron chi connectivity index (χ3n) is 1.53. The Morgan fingerprint density at radius 3 is 2.45 bits per heavy atom. The van der Waals surface area contributed by atoms with Crippen LogP contribution in [0.15, 0.2) is 23.5 Å². The maximum absolute atomic E-state index is 11.0. The number of hydrogen-bond donors (Lipinski definition) is 2. The quantitative estimate of drug-likeness (QED) is 0.559. The molecule has 1 aliphatic rings. The van der Waals surface area contributed by atoms with E-state index in [2.05, 4.69) is 11.9 Å². The third kappa shape index (κ3) is 1.13. The number of ketones is 1. The Kier molecular flexibility index (Phi) is 1.72. The van der Waals surface area contributed by atoms with E-state index in [-0.39, 0.29) is 11.8 Å². The Balaban J connectivity index is 2.75. The lowest BCUT2D eigenvalue weighted by atomic mass is 9.93. The van der Waals surface area contributed by atoms with Crippen molar-refractivity contribution in [2.24, 2.45) is 5.73 Å². The molecule has 0 aromatic rings. The van der Waals surface area contributed by atoms with Gasteiger partial charge in [0.25, 0.3) is 0 Å². The van der Waals surface area contributed by atoms with Gasteiger partial charge in [-0.3, -0.25) is 4.79 Å². The first-order chi connectivity index (χ1) is 5.04. The highest BCUT2D eigenvalue weighted by molar-refractivity contribution is 6.18. The van der Waals surface area contributed by atoms with E-state index >= 15 is 0 Å². The molecule has 0 heterocycles. The smallest absolute Gasteiger partial charge is 0.212 e. The van der Waals surface area contributed by atoms with Gasteiger partial charge in [-0.15, -0.1) is 0 Å². The second kappa shape index (κ2) is 2.42. The Hall–Kier alpha value is -1.25. The molecule has 3 N–H and O–H groups in total. The molecular formula is C8H12N2O. The summed E-state index contributed by atoms with van der Waals surface area (Å²) in [7, 11) is 0. The van der Waals surface area contributed by atoms with E-state index in [1.807, 2.05) is 13.8 Å². The predicted molar refractivity (Wildman–Crippen MR) is 43.6 cm³/mol. The zero-order chi connectivity index (χ0) is 8.59. The maximum atomic E-state index is 11.0. The molecule has 0 saturated carbocycles. The Morgan fingerprint density at radius 1 is 1.55 bits per heavy atom. The topological polar surface area (TPSA) is 55.1 Å². The van der Waals surface area contributed by atoms with Gasteiger partial charge in [0.1, 0.15) is 5.70 Å². The first-order valence-electron chi connectivity index (χ1n) is 3.54. The van der Waals surface area contributed by atoms with Gasteiger partial charge in [-0.1, -0.05) is 6.58 Å². The number of rotatable bonds is 2. The molecule has 3 heteroatoms. The van der Waals surface area contributed by atoms with Crippen molar-refractivity contribution in [1.82, 2.24) is 5.32 Å². The Labute approximate surface area is 66.0 Å². The molecule has 0 spiro atoms. The molecule has 11 heavy (non-hydrogen) atoms. The van der Waals surface area contributed by atoms with E-state index in [1.165, 1.54) is 0 Å². The fourth-order valence-corrected chi connectivity index (χ4v) is 0.916. The minimum Gasteiger partial charge on any atom is -0.396 e. The van der Waals surface area contributed by atoms with Crippen LogP contribution in [-0.4, -0.2) is 11.8 Å². The van der Waals surface area contributed by atoms with E-state index in [4.69, 9.17) is 5.73 Å². The molecule has 1 aliphatic carbocycles. The Morgan fingerprint density at radius 2 is 2.09 bits per heavy atom. The lowest BCUT2D eigenvalue weighted by molar-refractivity contribution is -0.113. The summed E-state index contributed by atoms with van der Waals surface area (Å²) < 4.78 is 0. The molecule has 0 atom stereocenters. The van der Waals surface area contributed by atoms with Gasteiger partial charge in [-0.25, -0.2) is 0 Å². The van der Waals surface area contributed by atoms with Crippen LogP contribution in [0.1, 0.15) is 13.8 Å². The summed E-state index contributed by atoms with van der Waals surface area (Å²) in [6.07, 6.45) is 0. The average molecular weight is 152 g/mol. The molecule has 60 valence electrons. The fraction of sp³-hybridized carbons (Fsp3) is 0.375. The molecule has 0 amide bonds. The molecule has 0 saturated heterocycles. The molecule has 0 aromatic carbocycles. The van der Waals surface area contributed by atoms with Gasteiger partial charge >= 0.3 is 0 Å². The van der Waals surface area contributed by atoms with Crippen LogP contribution in [0.4, 0.5) is 0 Å². The predicted octanol–water partition coefficient (Wildman–Crippen LogP) is 0.294. The summed E-state index contributed by atoms with van der Waals surface area (Å²) in [6, 6.07) is 0.237. The minimum atomic E-state index is -0.0591. The number of nitrogens with one attached hydrogen (secondary N) is 1. The molecule has 0 unspecified atom stereocenters. The van der Waals surface area contributed by atoms with Crippen molar-refractivity contribution >= 4 is 5.78 Å². The zero-order valence-corrected chi connectivity index (χ0v) is 6.77. The standard InChI is InChI=1S/C8H12N2O/c1-4(2)10-7-6(9)5(3)8(7)11/h4,10H,3,9H2,1-2H3. The highest BCUT2D eigenvalue weighted by Crippen LogP contribution is 2.22. The van der Waals surface area contributed by atoms with Gasteiger partial charge in [-0.05, 0) is 13.8 Å². The minimum absolute atomic E-state index is 0.0591. The van der Waals surface area contributed by atoms with Crippen LogP contribution in [-0.2, 0) is 4.79 Å². The first-order valence-corrected chi connectivity index (χ1v) is 3.54. The van der Waals surface area contributed by atoms with Crippen LogP contribution < -0.4 is 11.1 Å². The number of carbonyl (C=O) groups excluding carboxylic acids is 1. The van der Waals surface area contributed by atoms with Crippen molar-refractivity contribution in [3.05, 3.63) is 23.5 Å². The van der Waals surface area contributed by atoms with E-state index in [9.17, 15) is 4.79 Å². The van der Waals surface area contributed by atoms with E-state index in [0.29, 0.717) is 17.0 Å². The highest BCUT2D eigenvalue weighted by Gasteiger charge is 2.29. The van der Waals surface area contributed by atoms with Crippen molar-refractivity contribution in [1.29, 1.82) is 0 Å². The van der Waals surface area contributed by atoms with Crippen molar-refractivity contribution in [2.45, 2.75) is 19.9 Å². The number of allylic oxidation sites excluding steroid dienone is 2. The average Bonchev–Trinajstić information content (AvgIpc) is 1.98. The molecule has 0 bridgehead atoms. The van der Waals surface area contributed by atoms with Crippen LogP contribution in [0, 0.1) is 0 Å². The fourth-order valence-electron chi connectivity index (χ4n) is 0.916. The molecule has 0 fully saturated rings. The number of nitrogens with two attached hydrogens (primary N) is 1. The molecule has 3 nitrogen and oxygen atoms in total. The number of carbonyl (C=O) groups is 1. The SMILES string of the molecule is C=C1C(=O)C(NC(C)C)=C1N. The summed E-state index contributed by atoms with van der Waals surface area (Å²) in [5.74, 6) is -0.0591. The van der Waals surface area contributed by atoms with Crippen LogP contribution in [0.2, 0.25) is 0 Å². The van der Waals surface area contributed by atoms with Crippen LogP contribution in [0.3, 0.4) is 0 Å². The maximum Gasteiger partial charge on any atom is 0.212 e. The van der Waals surface area contributed by atoms with Crippen molar-refractivity contribution in [3.8, 4) is 0 Å². The first kappa shape index (κ1) is 7.85. The summed E-state index contributed by atoms with van der Waals surface area (Å²) in [5, 5.41) is 2.95. The number of hydrogen-bond acceptors (Lipinski definition) is 3. The molecule has 1 rings (SSSR count). The summed E-state index contributed by atoms with van der Waals surface area (Å²) >= 11 is 0. The normalized spacial score (nSPS) is 17.4. The van der Waals surface area contributed by atoms with E-state index in [1.54, 1.807) is 0 Å². The third-order valence-corrected chi connectivity index (χ3v) is 1.53. The Bertz CT molecular complexity index is 251. The second-order valence-corrected chi connectivity index (χ2v) is 2.90. The van der Waals surface area contributed by atoms with Gasteiger partial charge in [0.15, 0.2) is 0 Å². The van der Waals surface area contributed by atoms with E-state index in [0.717, 1.165) is 0 Å². The number of Topliss-reactive ketones (excluding diaryl/α,β-unsaturated/α-hetero) is 1. The van der Waals surface area contributed by atoms with Gasteiger partial charge in [-0.2, -0.15) is 0 Å². The molecule has 0 aliphatic heterocycles. The largest absolute Gasteiger partial charge is 0.396 e. The monoisotopic (exact) mass is 152 g/mol. The lowest BCUT2D eigenvalue weighted by Crippen LogP contribution is -2.38. The molecule has 0 aromatic heterocycles. The van der Waals surface area contributed by atoms with Crippen LogP contribution >= 0.6 is 0 Å². The molecule has 0 radical (unpaired) electrons. The highest BCUT2D eigenvalue weighted by atomic mass is 16.1. The van der Waals surface area contributed by atoms with Crippen molar-refractivity contribution in [2.75, 3.05) is 0 Å². The van der Waals surface area contributed by atoms with Gasteiger partial charge < -0.3 is 11.1 Å². The van der Waals surface area contributed by atoms with Gasteiger partial charge in [0.05, 0.1) is 5.70 Å². The zero-order valence-electron chi connectivity index (χ0n) is 6.77. The van der Waals surface area contributed by atoms with Crippen molar-refractivity contribution in [3.63, 3.8) is 0 Å². The van der Waals surface area contributed by atoms with E-state index < -0.39 is 0 Å². The van der Waals surface area contributed by atoms with Crippen LogP contribution in [0.5, 0.6) is 0 Å². The lowest BCUT2D eigenvalue weighted by Gasteiger charge is -2.24. The summed E-state index contributed by atoms with van der Waals surface area (Å²) in [6.45, 7) is 7.41. The summed E-state index contributed by atoms with van der Waals surface area (Å²) in [5.41, 5.74) is 6.95. The van der Waals surface area contributed by atoms with Gasteiger partial charge in [0.2, 0.25) is 5.78 Å². The molecular weight excluding hydrogens is 140 g/mol. The summed E-state index contributed by atoms with van der Waals surface area (Å²) in [4.78, 5) is 11.0. The van der Waals surface area contributed by atoms with Crippen LogP contribution in [0.25, 0.3) is 0 Å². The van der Waals surface area contributed by atoms with Gasteiger partial charge in [0, 0.05) is 11.6 Å². The second-order valence-electron chi connectivity index (χ2n) is 2.90. The van der Waals surface area contributed by atoms with Crippen molar-refractivity contribution < 1.29 is 4.79 Å².